The lowest BCUT2D eigenvalue weighted by atomic mass is 10.1. The number of aliphatic hydroxyl groups is 1. The average molecular weight is 292 g/mol. The number of benzene rings is 1. The lowest BCUT2D eigenvalue weighted by Gasteiger charge is -2.23. The number of hydrogen-bond acceptors (Lipinski definition) is 4. The van der Waals surface area contributed by atoms with Crippen LogP contribution in [0.3, 0.4) is 0 Å². The predicted molar refractivity (Wildman–Crippen MR) is 85.5 cm³/mol. The molecule has 1 aliphatic heterocycles. The second-order valence-electron chi connectivity index (χ2n) is 5.84. The summed E-state index contributed by atoms with van der Waals surface area (Å²) in [5, 5.41) is 9.83. The van der Waals surface area contributed by atoms with E-state index in [4.69, 9.17) is 4.74 Å². The van der Waals surface area contributed by atoms with Gasteiger partial charge < -0.3 is 14.7 Å². The van der Waals surface area contributed by atoms with Gasteiger partial charge in [0.25, 0.3) is 0 Å². The van der Waals surface area contributed by atoms with Crippen molar-refractivity contribution in [3.8, 4) is 0 Å². The molecule has 1 heterocycles. The molecule has 1 aromatic carbocycles. The van der Waals surface area contributed by atoms with Crippen molar-refractivity contribution in [2.75, 3.05) is 53.0 Å². The quantitative estimate of drug-likeness (QED) is 0.820. The normalized spacial score (nSPS) is 19.3. The lowest BCUT2D eigenvalue weighted by Crippen LogP contribution is -2.37. The van der Waals surface area contributed by atoms with E-state index < -0.39 is 0 Å². The van der Waals surface area contributed by atoms with Crippen molar-refractivity contribution in [3.05, 3.63) is 35.9 Å². The van der Waals surface area contributed by atoms with Crippen LogP contribution in [0, 0.1) is 0 Å². The summed E-state index contributed by atoms with van der Waals surface area (Å²) in [6, 6.07) is 10.7. The number of β-amino-alcohol motifs (C(OH)–C–C–N with tert-alkyl or cyclic N) is 1. The van der Waals surface area contributed by atoms with Gasteiger partial charge in [-0.15, -0.1) is 0 Å². The molecule has 0 aromatic heterocycles. The molecule has 0 saturated carbocycles. The topological polar surface area (TPSA) is 35.9 Å². The minimum absolute atomic E-state index is 0.370. The number of methoxy groups -OCH3 is 1. The van der Waals surface area contributed by atoms with Crippen molar-refractivity contribution in [1.29, 1.82) is 0 Å². The van der Waals surface area contributed by atoms with Gasteiger partial charge in [0.1, 0.15) is 0 Å². The van der Waals surface area contributed by atoms with Gasteiger partial charge in [-0.05, 0) is 31.5 Å². The monoisotopic (exact) mass is 292 g/mol. The van der Waals surface area contributed by atoms with E-state index in [-0.39, 0.29) is 6.10 Å². The molecule has 0 aliphatic carbocycles. The van der Waals surface area contributed by atoms with E-state index >= 15 is 0 Å². The standard InChI is InChI=1S/C17H28N2O2/c1-21-15-17(20)14-19-10-5-9-18(12-13-19)11-8-16-6-3-2-4-7-16/h2-4,6-7,17,20H,5,8-15H2,1H3. The second kappa shape index (κ2) is 9.15. The van der Waals surface area contributed by atoms with Crippen LogP contribution in [-0.2, 0) is 11.2 Å². The Kier molecular flexibility index (Phi) is 7.16. The molecule has 1 saturated heterocycles. The zero-order valence-corrected chi connectivity index (χ0v) is 13.1. The smallest absolute Gasteiger partial charge is 0.0900 e. The highest BCUT2D eigenvalue weighted by molar-refractivity contribution is 5.14. The van der Waals surface area contributed by atoms with E-state index in [1.54, 1.807) is 7.11 Å². The highest BCUT2D eigenvalue weighted by atomic mass is 16.5. The third-order valence-corrected chi connectivity index (χ3v) is 4.07. The Balaban J connectivity index is 1.70. The third kappa shape index (κ3) is 6.14. The zero-order chi connectivity index (χ0) is 14.9. The molecule has 118 valence electrons. The first kappa shape index (κ1) is 16.4. The summed E-state index contributed by atoms with van der Waals surface area (Å²) >= 11 is 0. The molecule has 21 heavy (non-hydrogen) atoms. The van der Waals surface area contributed by atoms with Crippen LogP contribution in [0.25, 0.3) is 0 Å². The van der Waals surface area contributed by atoms with Crippen LogP contribution in [0.4, 0.5) is 0 Å². The van der Waals surface area contributed by atoms with Crippen LogP contribution in [0.1, 0.15) is 12.0 Å². The van der Waals surface area contributed by atoms with Crippen molar-refractivity contribution in [3.63, 3.8) is 0 Å². The van der Waals surface area contributed by atoms with E-state index in [1.165, 1.54) is 12.0 Å². The highest BCUT2D eigenvalue weighted by Gasteiger charge is 2.17. The first-order chi connectivity index (χ1) is 10.3. The summed E-state index contributed by atoms with van der Waals surface area (Å²) in [6.07, 6.45) is 1.92. The van der Waals surface area contributed by atoms with Crippen molar-refractivity contribution in [2.45, 2.75) is 18.9 Å². The fourth-order valence-electron chi connectivity index (χ4n) is 2.91. The summed E-state index contributed by atoms with van der Waals surface area (Å²) in [6.45, 7) is 6.63. The maximum Gasteiger partial charge on any atom is 0.0900 e. The lowest BCUT2D eigenvalue weighted by molar-refractivity contribution is 0.0386. The Bertz CT molecular complexity index is 386. The Morgan fingerprint density at radius 3 is 2.57 bits per heavy atom. The van der Waals surface area contributed by atoms with Crippen LogP contribution < -0.4 is 0 Å². The Morgan fingerprint density at radius 1 is 1.10 bits per heavy atom. The molecule has 1 N–H and O–H groups in total. The molecule has 1 aromatic rings. The number of hydrogen-bond donors (Lipinski definition) is 1. The van der Waals surface area contributed by atoms with Gasteiger partial charge in [-0.3, -0.25) is 4.90 Å². The second-order valence-corrected chi connectivity index (χ2v) is 5.84. The molecule has 1 fully saturated rings. The van der Waals surface area contributed by atoms with Crippen molar-refractivity contribution < 1.29 is 9.84 Å². The van der Waals surface area contributed by atoms with Crippen LogP contribution in [0.5, 0.6) is 0 Å². The molecule has 0 radical (unpaired) electrons. The molecule has 2 rings (SSSR count). The van der Waals surface area contributed by atoms with Crippen LogP contribution >= 0.6 is 0 Å². The number of aliphatic hydroxyl groups excluding tert-OH is 1. The molecule has 0 spiro atoms. The molecule has 1 aliphatic rings. The van der Waals surface area contributed by atoms with E-state index in [1.807, 2.05) is 0 Å². The summed E-state index contributed by atoms with van der Waals surface area (Å²) < 4.78 is 5.00. The van der Waals surface area contributed by atoms with E-state index in [0.29, 0.717) is 6.61 Å². The average Bonchev–Trinajstić information content (AvgIpc) is 2.72. The molecule has 0 amide bonds. The number of ether oxygens (including phenoxy) is 1. The first-order valence-corrected chi connectivity index (χ1v) is 7.93. The number of rotatable bonds is 7. The van der Waals surface area contributed by atoms with Crippen molar-refractivity contribution >= 4 is 0 Å². The summed E-state index contributed by atoms with van der Waals surface area (Å²) in [4.78, 5) is 4.89. The molecular formula is C17H28N2O2. The molecular weight excluding hydrogens is 264 g/mol. The van der Waals surface area contributed by atoms with Gasteiger partial charge in [-0.1, -0.05) is 30.3 Å². The van der Waals surface area contributed by atoms with Crippen LogP contribution in [0.2, 0.25) is 0 Å². The first-order valence-electron chi connectivity index (χ1n) is 7.93. The molecule has 1 unspecified atom stereocenters. The largest absolute Gasteiger partial charge is 0.389 e. The SMILES string of the molecule is COCC(O)CN1CCCN(CCc2ccccc2)CC1. The van der Waals surface area contributed by atoms with E-state index in [0.717, 1.165) is 45.7 Å². The minimum Gasteiger partial charge on any atom is -0.389 e. The molecule has 4 nitrogen and oxygen atoms in total. The Morgan fingerprint density at radius 2 is 1.81 bits per heavy atom. The van der Waals surface area contributed by atoms with Gasteiger partial charge in [-0.25, -0.2) is 0 Å². The van der Waals surface area contributed by atoms with Gasteiger partial charge >= 0.3 is 0 Å². The fraction of sp³-hybridized carbons (Fsp3) is 0.647. The molecule has 4 heteroatoms. The third-order valence-electron chi connectivity index (χ3n) is 4.07. The van der Waals surface area contributed by atoms with Crippen LogP contribution in [-0.4, -0.2) is 74.0 Å². The fourth-order valence-corrected chi connectivity index (χ4v) is 2.91. The Labute approximate surface area is 128 Å². The van der Waals surface area contributed by atoms with Gasteiger partial charge in [0, 0.05) is 33.3 Å². The predicted octanol–water partition coefficient (Wildman–Crippen LogP) is 1.24. The summed E-state index contributed by atoms with van der Waals surface area (Å²) in [7, 11) is 1.64. The van der Waals surface area contributed by atoms with Gasteiger partial charge in [-0.2, -0.15) is 0 Å². The zero-order valence-electron chi connectivity index (χ0n) is 13.1. The summed E-state index contributed by atoms with van der Waals surface area (Å²) in [5.74, 6) is 0. The minimum atomic E-state index is -0.370. The molecule has 0 bridgehead atoms. The van der Waals surface area contributed by atoms with E-state index in [2.05, 4.69) is 40.1 Å². The van der Waals surface area contributed by atoms with Crippen molar-refractivity contribution in [2.24, 2.45) is 0 Å². The Hall–Kier alpha value is -0.940. The van der Waals surface area contributed by atoms with E-state index in [9.17, 15) is 5.11 Å². The maximum atomic E-state index is 9.83. The van der Waals surface area contributed by atoms with Gasteiger partial charge in [0.05, 0.1) is 12.7 Å². The van der Waals surface area contributed by atoms with Gasteiger partial charge in [0.15, 0.2) is 0 Å². The van der Waals surface area contributed by atoms with Crippen LogP contribution in [0.15, 0.2) is 30.3 Å². The molecule has 1 atom stereocenters. The maximum absolute atomic E-state index is 9.83. The number of nitrogens with zero attached hydrogens (tertiary/aromatic N) is 2. The van der Waals surface area contributed by atoms with Gasteiger partial charge in [0.2, 0.25) is 0 Å². The summed E-state index contributed by atoms with van der Waals surface area (Å²) in [5.41, 5.74) is 1.41. The highest BCUT2D eigenvalue weighted by Crippen LogP contribution is 2.07. The van der Waals surface area contributed by atoms with Crippen molar-refractivity contribution in [1.82, 2.24) is 9.80 Å².